The molecule has 1 aliphatic rings. The van der Waals surface area contributed by atoms with Crippen molar-refractivity contribution in [2.75, 3.05) is 38.2 Å². The number of carbonyl (C=O) groups is 1. The maximum absolute atomic E-state index is 12.7. The standard InChI is InChI=1S/C22H23N3O5S2.C2H6.H2/c1-16-2-6-18(7-3-16)30-14-21(26)24-22-23-20(15-31-22)17-4-8-19(9-5-17)32(27,28)25-10-12-29-13-11-25;1-2;/h2-9,15H,10-14H2,1H3,(H,23,24,26);1-2H3;1H. The smallest absolute Gasteiger partial charge is 0.264 e. The summed E-state index contributed by atoms with van der Waals surface area (Å²) >= 11 is 1.29. The van der Waals surface area contributed by atoms with Crippen molar-refractivity contribution in [3.05, 3.63) is 59.5 Å². The lowest BCUT2D eigenvalue weighted by Gasteiger charge is -2.26. The lowest BCUT2D eigenvalue weighted by Crippen LogP contribution is -2.40. The summed E-state index contributed by atoms with van der Waals surface area (Å²) < 4.78 is 37.6. The molecule has 0 atom stereocenters. The Morgan fingerprint density at radius 2 is 1.76 bits per heavy atom. The number of anilines is 1. The Hall–Kier alpha value is -2.79. The zero-order valence-corrected chi connectivity index (χ0v) is 21.1. The van der Waals surface area contributed by atoms with Crippen molar-refractivity contribution < 1.29 is 24.1 Å². The largest absolute Gasteiger partial charge is 0.484 e. The van der Waals surface area contributed by atoms with E-state index in [0.717, 1.165) is 11.1 Å². The Bertz CT molecular complexity index is 1180. The van der Waals surface area contributed by atoms with Gasteiger partial charge in [-0.2, -0.15) is 4.31 Å². The summed E-state index contributed by atoms with van der Waals surface area (Å²) in [7, 11) is -3.54. The van der Waals surface area contributed by atoms with Crippen LogP contribution in [0.5, 0.6) is 5.75 Å². The number of rotatable bonds is 7. The van der Waals surface area contributed by atoms with Gasteiger partial charge in [0.15, 0.2) is 11.7 Å². The predicted octanol–water partition coefficient (Wildman–Crippen LogP) is 4.43. The number of ether oxygens (including phenoxy) is 2. The van der Waals surface area contributed by atoms with E-state index in [1.54, 1.807) is 24.3 Å². The first-order valence-corrected chi connectivity index (χ1v) is 13.4. The van der Waals surface area contributed by atoms with Crippen molar-refractivity contribution in [3.8, 4) is 17.0 Å². The normalized spacial score (nSPS) is 14.1. The summed E-state index contributed by atoms with van der Waals surface area (Å²) in [5.74, 6) is 0.316. The average Bonchev–Trinajstić information content (AvgIpc) is 3.34. The van der Waals surface area contributed by atoms with E-state index in [-0.39, 0.29) is 18.8 Å². The number of morpholine rings is 1. The van der Waals surface area contributed by atoms with Gasteiger partial charge in [-0.1, -0.05) is 43.7 Å². The number of sulfonamides is 1. The number of benzene rings is 2. The van der Waals surface area contributed by atoms with E-state index < -0.39 is 10.0 Å². The molecule has 34 heavy (non-hydrogen) atoms. The molecule has 0 saturated carbocycles. The second kappa shape index (κ2) is 12.1. The highest BCUT2D eigenvalue weighted by Gasteiger charge is 2.26. The molecule has 8 nitrogen and oxygen atoms in total. The quantitative estimate of drug-likeness (QED) is 0.510. The van der Waals surface area contributed by atoms with E-state index in [0.29, 0.717) is 42.9 Å². The van der Waals surface area contributed by atoms with E-state index in [1.807, 2.05) is 50.4 Å². The summed E-state index contributed by atoms with van der Waals surface area (Å²) in [5, 5.41) is 4.98. The number of hydrogen-bond donors (Lipinski definition) is 1. The Morgan fingerprint density at radius 1 is 1.12 bits per heavy atom. The molecule has 0 spiro atoms. The summed E-state index contributed by atoms with van der Waals surface area (Å²) in [5.41, 5.74) is 2.53. The minimum absolute atomic E-state index is 0. The Kier molecular flexibility index (Phi) is 9.17. The molecule has 1 saturated heterocycles. The number of aromatic nitrogens is 1. The number of thiazole rings is 1. The van der Waals surface area contributed by atoms with Crippen LogP contribution in [0.15, 0.2) is 58.8 Å². The molecule has 0 unspecified atom stereocenters. The zero-order valence-electron chi connectivity index (χ0n) is 19.5. The molecule has 10 heteroatoms. The maximum Gasteiger partial charge on any atom is 0.264 e. The first-order valence-electron chi connectivity index (χ1n) is 11.0. The van der Waals surface area contributed by atoms with Crippen LogP contribution in [0, 0.1) is 6.92 Å². The van der Waals surface area contributed by atoms with Crippen LogP contribution in [0.3, 0.4) is 0 Å². The van der Waals surface area contributed by atoms with Gasteiger partial charge < -0.3 is 9.47 Å². The Balaban J connectivity index is 0.00000140. The summed E-state index contributed by atoms with van der Waals surface area (Å²) in [4.78, 5) is 16.8. The average molecular weight is 506 g/mol. The minimum atomic E-state index is -3.54. The number of amides is 1. The van der Waals surface area contributed by atoms with Crippen molar-refractivity contribution in [1.29, 1.82) is 0 Å². The topological polar surface area (TPSA) is 97.8 Å². The van der Waals surface area contributed by atoms with E-state index in [9.17, 15) is 13.2 Å². The van der Waals surface area contributed by atoms with Crippen LogP contribution in [0.25, 0.3) is 11.3 Å². The van der Waals surface area contributed by atoms with Crippen LogP contribution in [-0.4, -0.2) is 56.5 Å². The summed E-state index contributed by atoms with van der Waals surface area (Å²) in [6.45, 7) is 7.38. The van der Waals surface area contributed by atoms with Crippen LogP contribution in [-0.2, 0) is 19.6 Å². The molecule has 1 N–H and O–H groups in total. The van der Waals surface area contributed by atoms with E-state index in [1.165, 1.54) is 15.6 Å². The Morgan fingerprint density at radius 3 is 2.41 bits per heavy atom. The van der Waals surface area contributed by atoms with Crippen LogP contribution >= 0.6 is 11.3 Å². The number of nitrogens with zero attached hydrogens (tertiary/aromatic N) is 2. The monoisotopic (exact) mass is 505 g/mol. The van der Waals surface area contributed by atoms with Gasteiger partial charge in [0.05, 0.1) is 23.8 Å². The van der Waals surface area contributed by atoms with Crippen LogP contribution < -0.4 is 10.1 Å². The van der Waals surface area contributed by atoms with Gasteiger partial charge >= 0.3 is 0 Å². The van der Waals surface area contributed by atoms with Gasteiger partial charge in [-0.3, -0.25) is 10.1 Å². The molecule has 1 aliphatic heterocycles. The third-order valence-electron chi connectivity index (χ3n) is 4.90. The molecule has 184 valence electrons. The summed E-state index contributed by atoms with van der Waals surface area (Å²) in [6, 6.07) is 14.0. The van der Waals surface area contributed by atoms with Crippen molar-refractivity contribution in [1.82, 2.24) is 9.29 Å². The highest BCUT2D eigenvalue weighted by molar-refractivity contribution is 7.89. The lowest BCUT2D eigenvalue weighted by atomic mass is 10.2. The van der Waals surface area contributed by atoms with Crippen LogP contribution in [0.1, 0.15) is 20.8 Å². The molecule has 4 rings (SSSR count). The van der Waals surface area contributed by atoms with E-state index in [2.05, 4.69) is 10.3 Å². The fourth-order valence-electron chi connectivity index (χ4n) is 3.14. The molecule has 0 radical (unpaired) electrons. The molecule has 0 aliphatic carbocycles. The fourth-order valence-corrected chi connectivity index (χ4v) is 5.28. The predicted molar refractivity (Wildman–Crippen MR) is 136 cm³/mol. The first-order chi connectivity index (χ1) is 16.4. The number of nitrogens with one attached hydrogen (secondary N) is 1. The van der Waals surface area contributed by atoms with Gasteiger partial charge in [-0.05, 0) is 31.2 Å². The second-order valence-electron chi connectivity index (χ2n) is 7.23. The maximum atomic E-state index is 12.7. The third-order valence-corrected chi connectivity index (χ3v) is 7.57. The lowest BCUT2D eigenvalue weighted by molar-refractivity contribution is -0.118. The van der Waals surface area contributed by atoms with Gasteiger partial charge in [0, 0.05) is 25.5 Å². The summed E-state index contributed by atoms with van der Waals surface area (Å²) in [6.07, 6.45) is 0. The number of carbonyl (C=O) groups excluding carboxylic acids is 1. The Labute approximate surface area is 206 Å². The molecule has 2 aromatic carbocycles. The fraction of sp³-hybridized carbons (Fsp3) is 0.333. The zero-order chi connectivity index (χ0) is 24.6. The molecule has 3 aromatic rings. The molecule has 1 aromatic heterocycles. The SMILES string of the molecule is CC.Cc1ccc(OCC(=O)Nc2nc(-c3ccc(S(=O)(=O)N4CCOCC4)cc3)cs2)cc1.[HH]. The molecular formula is C24H31N3O5S2. The van der Waals surface area contributed by atoms with Crippen molar-refractivity contribution >= 4 is 32.4 Å². The van der Waals surface area contributed by atoms with Crippen molar-refractivity contribution in [3.63, 3.8) is 0 Å². The molecule has 1 fully saturated rings. The first kappa shape index (κ1) is 25.8. The van der Waals surface area contributed by atoms with Crippen molar-refractivity contribution in [2.24, 2.45) is 0 Å². The number of hydrogen-bond acceptors (Lipinski definition) is 7. The van der Waals surface area contributed by atoms with Gasteiger partial charge in [-0.25, -0.2) is 13.4 Å². The third kappa shape index (κ3) is 6.63. The minimum Gasteiger partial charge on any atom is -0.484 e. The molecule has 1 amide bonds. The number of aryl methyl sites for hydroxylation is 1. The highest BCUT2D eigenvalue weighted by Crippen LogP contribution is 2.27. The highest BCUT2D eigenvalue weighted by atomic mass is 32.2. The van der Waals surface area contributed by atoms with Gasteiger partial charge in [0.25, 0.3) is 5.91 Å². The van der Waals surface area contributed by atoms with Gasteiger partial charge in [0.2, 0.25) is 10.0 Å². The second-order valence-corrected chi connectivity index (χ2v) is 10.0. The van der Waals surface area contributed by atoms with Gasteiger partial charge in [-0.15, -0.1) is 11.3 Å². The van der Waals surface area contributed by atoms with Crippen LogP contribution in [0.4, 0.5) is 5.13 Å². The molecule has 0 bridgehead atoms. The van der Waals surface area contributed by atoms with E-state index >= 15 is 0 Å². The van der Waals surface area contributed by atoms with Gasteiger partial charge in [0.1, 0.15) is 5.75 Å². The van der Waals surface area contributed by atoms with Crippen LogP contribution in [0.2, 0.25) is 0 Å². The van der Waals surface area contributed by atoms with Crippen molar-refractivity contribution in [2.45, 2.75) is 25.7 Å². The molecule has 2 heterocycles. The molecular weight excluding hydrogens is 474 g/mol. The van der Waals surface area contributed by atoms with E-state index in [4.69, 9.17) is 9.47 Å².